The van der Waals surface area contributed by atoms with Crippen molar-refractivity contribution in [3.05, 3.63) is 46.7 Å². The molecular weight excluding hydrogens is 390 g/mol. The van der Waals surface area contributed by atoms with Gasteiger partial charge in [-0.15, -0.1) is 0 Å². The van der Waals surface area contributed by atoms with Gasteiger partial charge in [0.15, 0.2) is 0 Å². The quantitative estimate of drug-likeness (QED) is 0.724. The van der Waals surface area contributed by atoms with Gasteiger partial charge < -0.3 is 0 Å². The Bertz CT molecular complexity index is 1050. The maximum Gasteiger partial charge on any atom is 0.402 e. The van der Waals surface area contributed by atoms with E-state index in [9.17, 15) is 9.59 Å². The average molecular weight is 413 g/mol. The fraction of sp³-hybridized carbons (Fsp3) is 0.429. The third-order valence-corrected chi connectivity index (χ3v) is 6.41. The Labute approximate surface area is 174 Å². The molecule has 29 heavy (non-hydrogen) atoms. The van der Waals surface area contributed by atoms with Crippen molar-refractivity contribution in [1.29, 1.82) is 0 Å². The normalized spacial score (nSPS) is 21.6. The lowest BCUT2D eigenvalue weighted by Gasteiger charge is -2.33. The van der Waals surface area contributed by atoms with E-state index in [0.29, 0.717) is 16.9 Å². The van der Waals surface area contributed by atoms with Crippen LogP contribution in [-0.4, -0.2) is 39.2 Å². The molecule has 7 nitrogen and oxygen atoms in total. The van der Waals surface area contributed by atoms with Gasteiger partial charge >= 0.3 is 12.0 Å². The smallest absolute Gasteiger partial charge is 0.270 e. The highest BCUT2D eigenvalue weighted by atomic mass is 35.5. The van der Waals surface area contributed by atoms with Crippen molar-refractivity contribution < 1.29 is 14.2 Å². The van der Waals surface area contributed by atoms with E-state index < -0.39 is 6.04 Å². The first-order chi connectivity index (χ1) is 14.0. The van der Waals surface area contributed by atoms with E-state index in [1.54, 1.807) is 19.2 Å². The zero-order valence-electron chi connectivity index (χ0n) is 16.5. The molecule has 0 bridgehead atoms. The maximum atomic E-state index is 13.4. The summed E-state index contributed by atoms with van der Waals surface area (Å²) < 4.78 is 4.17. The number of imide groups is 1. The highest BCUT2D eigenvalue weighted by molar-refractivity contribution is 6.30. The summed E-state index contributed by atoms with van der Waals surface area (Å²) in [6, 6.07) is 6.68. The second-order valence-corrected chi connectivity index (χ2v) is 8.49. The van der Waals surface area contributed by atoms with Crippen molar-refractivity contribution in [2.75, 3.05) is 7.05 Å². The summed E-state index contributed by atoms with van der Waals surface area (Å²) in [7, 11) is 1.69. The first-order valence-corrected chi connectivity index (χ1v) is 10.4. The maximum absolute atomic E-state index is 13.4. The Balaban J connectivity index is 1.53. The molecule has 1 aliphatic carbocycles. The number of urea groups is 1. The van der Waals surface area contributed by atoms with Gasteiger partial charge in [-0.25, -0.2) is 13.9 Å². The van der Waals surface area contributed by atoms with Crippen molar-refractivity contribution in [3.8, 4) is 0 Å². The molecule has 8 heteroatoms. The fourth-order valence-electron chi connectivity index (χ4n) is 4.78. The predicted molar refractivity (Wildman–Crippen MR) is 108 cm³/mol. The molecule has 1 unspecified atom stereocenters. The van der Waals surface area contributed by atoms with Gasteiger partial charge in [0.25, 0.3) is 5.91 Å². The number of halogens is 1. The van der Waals surface area contributed by atoms with E-state index in [-0.39, 0.29) is 18.5 Å². The van der Waals surface area contributed by atoms with Crippen LogP contribution in [0.25, 0.3) is 0 Å². The molecule has 0 spiro atoms. The molecule has 150 valence electrons. The number of nitrogens with zero attached hydrogens (tertiary/aromatic N) is 5. The zero-order chi connectivity index (χ0) is 20.3. The van der Waals surface area contributed by atoms with Crippen LogP contribution in [0.5, 0.6) is 0 Å². The summed E-state index contributed by atoms with van der Waals surface area (Å²) in [4.78, 5) is 33.9. The minimum absolute atomic E-state index is 0.185. The van der Waals surface area contributed by atoms with Crippen molar-refractivity contribution in [2.24, 2.45) is 4.99 Å². The molecular formula is C21H23ClN5O2+. The number of imidazole rings is 1. The molecule has 1 aromatic carbocycles. The minimum Gasteiger partial charge on any atom is -0.270 e. The van der Waals surface area contributed by atoms with E-state index in [1.807, 2.05) is 22.9 Å². The number of amidine groups is 1. The number of amides is 3. The second-order valence-electron chi connectivity index (χ2n) is 8.05. The number of benzene rings is 1. The molecule has 0 radical (unpaired) electrons. The van der Waals surface area contributed by atoms with Gasteiger partial charge in [-0.3, -0.25) is 14.6 Å². The third kappa shape index (κ3) is 2.79. The predicted octanol–water partition coefficient (Wildman–Crippen LogP) is 3.53. The summed E-state index contributed by atoms with van der Waals surface area (Å²) in [6.07, 6.45) is 6.68. The first kappa shape index (κ1) is 18.4. The van der Waals surface area contributed by atoms with Gasteiger partial charge in [-0.2, -0.15) is 0 Å². The number of aromatic nitrogens is 2. The van der Waals surface area contributed by atoms with Crippen LogP contribution >= 0.6 is 11.6 Å². The molecule has 5 rings (SSSR count). The Morgan fingerprint density at radius 2 is 2.00 bits per heavy atom. The van der Waals surface area contributed by atoms with Crippen molar-refractivity contribution in [3.63, 3.8) is 0 Å². The molecule has 3 amide bonds. The highest BCUT2D eigenvalue weighted by Crippen LogP contribution is 2.37. The van der Waals surface area contributed by atoms with Gasteiger partial charge in [-0.05, 0) is 50.3 Å². The Hall–Kier alpha value is -2.67. The van der Waals surface area contributed by atoms with Crippen molar-refractivity contribution >= 4 is 35.3 Å². The van der Waals surface area contributed by atoms with Crippen LogP contribution in [0.4, 0.5) is 10.7 Å². The molecule has 1 saturated carbocycles. The summed E-state index contributed by atoms with van der Waals surface area (Å²) in [6.45, 7) is 2.25. The zero-order valence-corrected chi connectivity index (χ0v) is 17.3. The van der Waals surface area contributed by atoms with Crippen LogP contribution in [0, 0.1) is 6.92 Å². The molecule has 2 aromatic rings. The van der Waals surface area contributed by atoms with E-state index >= 15 is 0 Å². The average Bonchev–Trinajstić information content (AvgIpc) is 3.39. The SMILES string of the molecule is Cc1c[n+]2c(n1C1CCCC1)N=C1C2C(=O)N(Cc2cccc(Cl)c2)C(=O)N1C. The molecule has 1 aromatic heterocycles. The first-order valence-electron chi connectivity index (χ1n) is 10.0. The summed E-state index contributed by atoms with van der Waals surface area (Å²) in [5, 5.41) is 0.580. The number of carbonyl (C=O) groups excluding carboxylic acids is 2. The van der Waals surface area contributed by atoms with Crippen LogP contribution < -0.4 is 4.57 Å². The number of carbonyl (C=O) groups is 2. The standard InChI is InChI=1S/C21H23ClN5O2/c1-13-11-25-17-18(23-20(25)27(13)16-8-3-4-9-16)24(2)21(29)26(19(17)28)12-14-6-5-7-15(22)10-14/h5-7,10-11,16-17H,3-4,8-9,12H2,1-2H3/q+1. The summed E-state index contributed by atoms with van der Waals surface area (Å²) in [5.74, 6) is 1.02. The van der Waals surface area contributed by atoms with Crippen LogP contribution in [-0.2, 0) is 11.3 Å². The number of likely N-dealkylation sites (N-methyl/N-ethyl adjacent to an activating group) is 1. The number of aliphatic imine (C=N–C) groups is 1. The Morgan fingerprint density at radius 3 is 2.72 bits per heavy atom. The van der Waals surface area contributed by atoms with E-state index in [1.165, 1.54) is 22.6 Å². The number of hydrogen-bond acceptors (Lipinski definition) is 3. The summed E-state index contributed by atoms with van der Waals surface area (Å²) >= 11 is 6.08. The number of fused-ring (bicyclic) bond motifs is 3. The summed E-state index contributed by atoms with van der Waals surface area (Å²) in [5.41, 5.74) is 1.92. The number of rotatable bonds is 3. The molecule has 1 atom stereocenters. The Morgan fingerprint density at radius 1 is 1.24 bits per heavy atom. The van der Waals surface area contributed by atoms with Gasteiger partial charge in [0, 0.05) is 12.1 Å². The molecule has 3 aliphatic rings. The van der Waals surface area contributed by atoms with Gasteiger partial charge in [0.2, 0.25) is 11.9 Å². The van der Waals surface area contributed by atoms with Gasteiger partial charge in [0.1, 0.15) is 11.9 Å². The second kappa shape index (κ2) is 6.69. The van der Waals surface area contributed by atoms with Crippen molar-refractivity contribution in [2.45, 2.75) is 51.2 Å². The van der Waals surface area contributed by atoms with Crippen LogP contribution in [0.1, 0.15) is 49.0 Å². The highest BCUT2D eigenvalue weighted by Gasteiger charge is 2.53. The molecule has 3 heterocycles. The third-order valence-electron chi connectivity index (χ3n) is 6.17. The molecule has 0 N–H and O–H groups in total. The molecule has 2 aliphatic heterocycles. The lowest BCUT2D eigenvalue weighted by molar-refractivity contribution is -0.677. The topological polar surface area (TPSA) is 61.8 Å². The van der Waals surface area contributed by atoms with E-state index in [2.05, 4.69) is 11.5 Å². The largest absolute Gasteiger partial charge is 0.402 e. The molecule has 1 saturated heterocycles. The van der Waals surface area contributed by atoms with E-state index in [4.69, 9.17) is 16.6 Å². The van der Waals surface area contributed by atoms with Gasteiger partial charge in [-0.1, -0.05) is 28.7 Å². The van der Waals surface area contributed by atoms with E-state index in [0.717, 1.165) is 30.0 Å². The minimum atomic E-state index is -0.603. The monoisotopic (exact) mass is 412 g/mol. The number of hydrogen-bond donors (Lipinski definition) is 0. The lowest BCUT2D eigenvalue weighted by atomic mass is 10.1. The fourth-order valence-corrected chi connectivity index (χ4v) is 4.99. The van der Waals surface area contributed by atoms with Crippen LogP contribution in [0.15, 0.2) is 35.5 Å². The molecule has 2 fully saturated rings. The van der Waals surface area contributed by atoms with Crippen LogP contribution in [0.3, 0.4) is 0 Å². The van der Waals surface area contributed by atoms with Crippen molar-refractivity contribution in [1.82, 2.24) is 14.4 Å². The lowest BCUT2D eigenvalue weighted by Crippen LogP contribution is -2.62. The number of aryl methyl sites for hydroxylation is 1. The van der Waals surface area contributed by atoms with Gasteiger partial charge in [0.05, 0.1) is 12.6 Å². The Kier molecular flexibility index (Phi) is 4.24. The van der Waals surface area contributed by atoms with Crippen LogP contribution in [0.2, 0.25) is 5.02 Å².